The highest BCUT2D eigenvalue weighted by Gasteiger charge is 2.12. The van der Waals surface area contributed by atoms with E-state index in [9.17, 15) is 19.5 Å². The number of aromatic nitrogens is 1. The summed E-state index contributed by atoms with van der Waals surface area (Å²) in [6, 6.07) is 20.0. The molecule has 0 aliphatic rings. The van der Waals surface area contributed by atoms with E-state index in [2.05, 4.69) is 6.92 Å². The number of benzene rings is 3. The highest BCUT2D eigenvalue weighted by Crippen LogP contribution is 2.25. The molecule has 0 aliphatic carbocycles. The molecule has 0 saturated carbocycles. The van der Waals surface area contributed by atoms with Crippen LogP contribution in [-0.4, -0.2) is 26.7 Å². The van der Waals surface area contributed by atoms with Crippen molar-refractivity contribution in [2.24, 2.45) is 0 Å². The highest BCUT2D eigenvalue weighted by molar-refractivity contribution is 5.96. The molecule has 4 aromatic rings. The average molecular weight is 482 g/mol. The van der Waals surface area contributed by atoms with E-state index in [1.165, 1.54) is 6.08 Å². The van der Waals surface area contributed by atoms with Crippen LogP contribution in [0.5, 0.6) is 0 Å². The summed E-state index contributed by atoms with van der Waals surface area (Å²) in [6.07, 6.45) is 7.08. The van der Waals surface area contributed by atoms with Crippen molar-refractivity contribution in [3.05, 3.63) is 111 Å². The second-order valence-electron chi connectivity index (χ2n) is 8.71. The molecule has 0 bridgehead atoms. The Morgan fingerprint density at radius 1 is 0.972 bits per heavy atom. The van der Waals surface area contributed by atoms with Crippen molar-refractivity contribution in [1.82, 2.24) is 4.57 Å². The van der Waals surface area contributed by atoms with Gasteiger partial charge in [0, 0.05) is 29.8 Å². The molecule has 0 spiro atoms. The number of aryl methyl sites for hydroxylation is 1. The topological polar surface area (TPSA) is 96.6 Å². The number of carboxylic acids is 2. The van der Waals surface area contributed by atoms with E-state index in [4.69, 9.17) is 5.11 Å². The molecule has 6 nitrogen and oxygen atoms in total. The van der Waals surface area contributed by atoms with Gasteiger partial charge in [-0.25, -0.2) is 9.59 Å². The van der Waals surface area contributed by atoms with Gasteiger partial charge in [0.1, 0.15) is 0 Å². The molecule has 0 radical (unpaired) electrons. The SMILES string of the molecule is CCCCc1cn(Cc2ccc(-c3ccccc3C(=O)O)cc2)c2cc(/C=C/C(=O)O)ccc2c1=O. The quantitative estimate of drug-likeness (QED) is 0.292. The first-order valence-corrected chi connectivity index (χ1v) is 11.9. The van der Waals surface area contributed by atoms with Gasteiger partial charge in [-0.1, -0.05) is 61.9 Å². The Morgan fingerprint density at radius 3 is 2.42 bits per heavy atom. The Balaban J connectivity index is 1.75. The summed E-state index contributed by atoms with van der Waals surface area (Å²) < 4.78 is 2.03. The zero-order valence-electron chi connectivity index (χ0n) is 20.0. The number of nitrogens with zero attached hydrogens (tertiary/aromatic N) is 1. The summed E-state index contributed by atoms with van der Waals surface area (Å²) >= 11 is 0. The summed E-state index contributed by atoms with van der Waals surface area (Å²) in [4.78, 5) is 35.7. The molecule has 2 N–H and O–H groups in total. The predicted molar refractivity (Wildman–Crippen MR) is 141 cm³/mol. The number of fused-ring (bicyclic) bond motifs is 1. The second-order valence-corrected chi connectivity index (χ2v) is 8.71. The van der Waals surface area contributed by atoms with Crippen molar-refractivity contribution in [3.8, 4) is 11.1 Å². The van der Waals surface area contributed by atoms with Crippen molar-refractivity contribution < 1.29 is 19.8 Å². The van der Waals surface area contributed by atoms with E-state index in [-0.39, 0.29) is 11.0 Å². The molecule has 0 atom stereocenters. The van der Waals surface area contributed by atoms with Crippen molar-refractivity contribution in [1.29, 1.82) is 0 Å². The minimum atomic E-state index is -1.04. The van der Waals surface area contributed by atoms with Gasteiger partial charge in [0.05, 0.1) is 11.1 Å². The third-order valence-electron chi connectivity index (χ3n) is 6.17. The largest absolute Gasteiger partial charge is 0.478 e. The van der Waals surface area contributed by atoms with Crippen LogP contribution in [0.2, 0.25) is 0 Å². The molecular formula is C30H27NO5. The van der Waals surface area contributed by atoms with Gasteiger partial charge < -0.3 is 14.8 Å². The number of unbranched alkanes of at least 4 members (excludes halogenated alkanes) is 1. The molecule has 3 aromatic carbocycles. The van der Waals surface area contributed by atoms with E-state index in [0.717, 1.165) is 41.1 Å². The zero-order valence-corrected chi connectivity index (χ0v) is 20.0. The minimum absolute atomic E-state index is 0.00379. The number of aromatic carboxylic acids is 1. The van der Waals surface area contributed by atoms with Crippen LogP contribution in [0.3, 0.4) is 0 Å². The van der Waals surface area contributed by atoms with Crippen LogP contribution in [0.4, 0.5) is 0 Å². The van der Waals surface area contributed by atoms with Crippen LogP contribution in [0, 0.1) is 0 Å². The molecule has 0 amide bonds. The molecule has 6 heteroatoms. The Labute approximate surface area is 208 Å². The molecular weight excluding hydrogens is 454 g/mol. The number of hydrogen-bond donors (Lipinski definition) is 2. The van der Waals surface area contributed by atoms with Crippen LogP contribution in [-0.2, 0) is 17.8 Å². The van der Waals surface area contributed by atoms with Crippen molar-refractivity contribution >= 4 is 28.9 Å². The fraction of sp³-hybridized carbons (Fsp3) is 0.167. The van der Waals surface area contributed by atoms with Crippen LogP contribution in [0.25, 0.3) is 28.1 Å². The lowest BCUT2D eigenvalue weighted by atomic mass is 9.98. The minimum Gasteiger partial charge on any atom is -0.478 e. The molecule has 182 valence electrons. The normalized spacial score (nSPS) is 11.2. The lowest BCUT2D eigenvalue weighted by Crippen LogP contribution is -2.15. The smallest absolute Gasteiger partial charge is 0.336 e. The molecule has 0 saturated heterocycles. The van der Waals surface area contributed by atoms with Crippen LogP contribution >= 0.6 is 0 Å². The number of hydrogen-bond acceptors (Lipinski definition) is 3. The van der Waals surface area contributed by atoms with Crippen LogP contribution in [0.1, 0.15) is 46.8 Å². The van der Waals surface area contributed by atoms with Gasteiger partial charge in [0.25, 0.3) is 0 Å². The summed E-state index contributed by atoms with van der Waals surface area (Å²) in [5.41, 5.74) is 4.89. The third-order valence-corrected chi connectivity index (χ3v) is 6.17. The maximum absolute atomic E-state index is 13.1. The standard InChI is InChI=1S/C30H27NO5/c1-2-3-6-23-19-31(27-17-20(12-16-28(32)33)11-15-26(27)29(23)34)18-21-9-13-22(14-10-21)24-7-4-5-8-25(24)30(35)36/h4-5,7-17,19H,2-3,6,18H2,1H3,(H,32,33)(H,35,36)/b16-12+. The number of carbonyl (C=O) groups is 2. The molecule has 36 heavy (non-hydrogen) atoms. The van der Waals surface area contributed by atoms with Gasteiger partial charge in [-0.3, -0.25) is 4.79 Å². The Bertz CT molecular complexity index is 1510. The number of pyridine rings is 1. The first-order valence-electron chi connectivity index (χ1n) is 11.9. The van der Waals surface area contributed by atoms with E-state index in [0.29, 0.717) is 29.5 Å². The Kier molecular flexibility index (Phi) is 7.44. The summed E-state index contributed by atoms with van der Waals surface area (Å²) in [5.74, 6) is -2.01. The van der Waals surface area contributed by atoms with Crippen molar-refractivity contribution in [3.63, 3.8) is 0 Å². The van der Waals surface area contributed by atoms with E-state index < -0.39 is 11.9 Å². The maximum Gasteiger partial charge on any atom is 0.336 e. The second kappa shape index (κ2) is 10.9. The fourth-order valence-electron chi connectivity index (χ4n) is 4.32. The lowest BCUT2D eigenvalue weighted by Gasteiger charge is -2.15. The molecule has 1 heterocycles. The van der Waals surface area contributed by atoms with E-state index >= 15 is 0 Å². The van der Waals surface area contributed by atoms with Gasteiger partial charge in [0.2, 0.25) is 0 Å². The highest BCUT2D eigenvalue weighted by atomic mass is 16.4. The first kappa shape index (κ1) is 24.7. The number of rotatable bonds is 9. The summed E-state index contributed by atoms with van der Waals surface area (Å²) in [7, 11) is 0. The predicted octanol–water partition coefficient (Wildman–Crippen LogP) is 5.86. The average Bonchev–Trinajstić information content (AvgIpc) is 2.88. The first-order chi connectivity index (χ1) is 17.4. The Hall–Kier alpha value is -4.45. The van der Waals surface area contributed by atoms with Gasteiger partial charge in [-0.2, -0.15) is 0 Å². The maximum atomic E-state index is 13.1. The summed E-state index contributed by atoms with van der Waals surface area (Å²) in [5, 5.41) is 19.1. The van der Waals surface area contributed by atoms with Crippen LogP contribution < -0.4 is 5.43 Å². The fourth-order valence-corrected chi connectivity index (χ4v) is 4.32. The van der Waals surface area contributed by atoms with Gasteiger partial charge >= 0.3 is 11.9 Å². The van der Waals surface area contributed by atoms with E-state index in [1.807, 2.05) is 47.2 Å². The number of carboxylic acid groups (broad SMARTS) is 2. The van der Waals surface area contributed by atoms with Gasteiger partial charge in [-0.05, 0) is 59.4 Å². The summed E-state index contributed by atoms with van der Waals surface area (Å²) in [6.45, 7) is 2.59. The van der Waals surface area contributed by atoms with Gasteiger partial charge in [0.15, 0.2) is 5.43 Å². The third kappa shape index (κ3) is 5.44. The van der Waals surface area contributed by atoms with Crippen molar-refractivity contribution in [2.75, 3.05) is 0 Å². The van der Waals surface area contributed by atoms with Crippen LogP contribution in [0.15, 0.2) is 83.8 Å². The molecule has 1 aromatic heterocycles. The molecule has 0 fully saturated rings. The zero-order chi connectivity index (χ0) is 25.7. The molecule has 0 unspecified atom stereocenters. The van der Waals surface area contributed by atoms with Crippen molar-refractivity contribution in [2.45, 2.75) is 32.7 Å². The lowest BCUT2D eigenvalue weighted by molar-refractivity contribution is -0.131. The van der Waals surface area contributed by atoms with Gasteiger partial charge in [-0.15, -0.1) is 0 Å². The monoisotopic (exact) mass is 481 g/mol. The molecule has 0 aliphatic heterocycles. The molecule has 4 rings (SSSR count). The number of aliphatic carboxylic acids is 1. The van der Waals surface area contributed by atoms with E-state index in [1.54, 1.807) is 30.3 Å². The Morgan fingerprint density at radius 2 is 1.72 bits per heavy atom.